The van der Waals surface area contributed by atoms with E-state index in [1.165, 1.54) is 23.5 Å². The maximum Gasteiger partial charge on any atom is 0.338 e. The third-order valence-corrected chi connectivity index (χ3v) is 4.08. The number of hydrogen-bond acceptors (Lipinski definition) is 3. The predicted molar refractivity (Wildman–Crippen MR) is 83.1 cm³/mol. The monoisotopic (exact) mass is 373 g/mol. The Labute approximate surface area is 132 Å². The molecule has 2 aromatic rings. The van der Waals surface area contributed by atoms with Crippen LogP contribution in [0.4, 0.5) is 5.00 Å². The number of anilines is 1. The number of hydrogen-bond donors (Lipinski definition) is 2. The third-order valence-electron chi connectivity index (χ3n) is 2.44. The van der Waals surface area contributed by atoms with Crippen LogP contribution in [0.2, 0.25) is 5.02 Å². The molecule has 2 N–H and O–H groups in total. The van der Waals surface area contributed by atoms with E-state index >= 15 is 0 Å². The standard InChI is InChI=1S/C13H9BrClNO3S/c1-6-2-10(13(18)19)12(20-6)16-11(17)7-3-8(14)5-9(15)4-7/h2-5H,1H3,(H,16,17)(H,18,19). The Bertz CT molecular complexity index is 679. The average molecular weight is 375 g/mol. The summed E-state index contributed by atoms with van der Waals surface area (Å²) < 4.78 is 0.677. The molecule has 0 aliphatic rings. The maximum absolute atomic E-state index is 12.1. The summed E-state index contributed by atoms with van der Waals surface area (Å²) >= 11 is 10.4. The van der Waals surface area contributed by atoms with Gasteiger partial charge in [-0.3, -0.25) is 4.79 Å². The number of halogens is 2. The first-order valence-corrected chi connectivity index (χ1v) is 7.46. The molecule has 1 heterocycles. The molecule has 2 rings (SSSR count). The highest BCUT2D eigenvalue weighted by Gasteiger charge is 2.17. The van der Waals surface area contributed by atoms with E-state index < -0.39 is 11.9 Å². The summed E-state index contributed by atoms with van der Waals surface area (Å²) in [6.07, 6.45) is 0. The smallest absolute Gasteiger partial charge is 0.338 e. The van der Waals surface area contributed by atoms with Crippen molar-refractivity contribution in [2.45, 2.75) is 6.92 Å². The Balaban J connectivity index is 2.30. The summed E-state index contributed by atoms with van der Waals surface area (Å²) in [4.78, 5) is 24.0. The van der Waals surface area contributed by atoms with Crippen LogP contribution in [0.25, 0.3) is 0 Å². The van der Waals surface area contributed by atoms with Gasteiger partial charge in [0.1, 0.15) is 5.00 Å². The van der Waals surface area contributed by atoms with Gasteiger partial charge in [-0.15, -0.1) is 11.3 Å². The molecule has 0 fully saturated rings. The number of thiophene rings is 1. The van der Waals surface area contributed by atoms with Gasteiger partial charge >= 0.3 is 5.97 Å². The minimum atomic E-state index is -1.07. The molecule has 104 valence electrons. The first kappa shape index (κ1) is 15.0. The van der Waals surface area contributed by atoms with Crippen LogP contribution in [-0.4, -0.2) is 17.0 Å². The van der Waals surface area contributed by atoms with E-state index in [2.05, 4.69) is 21.2 Å². The van der Waals surface area contributed by atoms with Crippen LogP contribution in [0.3, 0.4) is 0 Å². The van der Waals surface area contributed by atoms with Crippen molar-refractivity contribution in [2.24, 2.45) is 0 Å². The van der Waals surface area contributed by atoms with Gasteiger partial charge in [0, 0.05) is 19.9 Å². The van der Waals surface area contributed by atoms with Crippen LogP contribution in [0.1, 0.15) is 25.6 Å². The molecular weight excluding hydrogens is 366 g/mol. The lowest BCUT2D eigenvalue weighted by molar-refractivity contribution is 0.0698. The molecule has 4 nitrogen and oxygen atoms in total. The summed E-state index contributed by atoms with van der Waals surface area (Å²) in [5.41, 5.74) is 0.439. The molecule has 7 heteroatoms. The van der Waals surface area contributed by atoms with Gasteiger partial charge < -0.3 is 10.4 Å². The summed E-state index contributed by atoms with van der Waals surface area (Å²) in [5, 5.41) is 12.4. The summed E-state index contributed by atoms with van der Waals surface area (Å²) in [6.45, 7) is 1.78. The number of amides is 1. The number of carboxylic acids is 1. The van der Waals surface area contributed by atoms with E-state index in [1.807, 2.05) is 0 Å². The van der Waals surface area contributed by atoms with Crippen molar-refractivity contribution in [1.29, 1.82) is 0 Å². The van der Waals surface area contributed by atoms with Crippen molar-refractivity contribution in [2.75, 3.05) is 5.32 Å². The molecule has 0 saturated carbocycles. The molecule has 0 spiro atoms. The molecule has 1 aromatic heterocycles. The van der Waals surface area contributed by atoms with E-state index in [0.29, 0.717) is 20.1 Å². The topological polar surface area (TPSA) is 66.4 Å². The molecule has 20 heavy (non-hydrogen) atoms. The van der Waals surface area contributed by atoms with Gasteiger partial charge in [0.15, 0.2) is 0 Å². The predicted octanol–water partition coefficient (Wildman–Crippen LogP) is 4.42. The Morgan fingerprint density at radius 2 is 2.00 bits per heavy atom. The Hall–Kier alpha value is -1.37. The highest BCUT2D eigenvalue weighted by molar-refractivity contribution is 9.10. The van der Waals surface area contributed by atoms with Gasteiger partial charge in [-0.2, -0.15) is 0 Å². The SMILES string of the molecule is Cc1cc(C(=O)O)c(NC(=O)c2cc(Cl)cc(Br)c2)s1. The van der Waals surface area contributed by atoms with E-state index in [9.17, 15) is 9.59 Å². The first-order valence-electron chi connectivity index (χ1n) is 5.48. The molecule has 0 aliphatic carbocycles. The quantitative estimate of drug-likeness (QED) is 0.835. The number of aryl methyl sites for hydroxylation is 1. The van der Waals surface area contributed by atoms with E-state index in [-0.39, 0.29) is 5.56 Å². The zero-order valence-corrected chi connectivity index (χ0v) is 13.4. The van der Waals surface area contributed by atoms with E-state index in [0.717, 1.165) is 4.88 Å². The summed E-state index contributed by atoms with van der Waals surface area (Å²) in [6, 6.07) is 6.32. The van der Waals surface area contributed by atoms with Crippen molar-refractivity contribution in [1.82, 2.24) is 0 Å². The largest absolute Gasteiger partial charge is 0.478 e. The highest BCUT2D eigenvalue weighted by atomic mass is 79.9. The second-order valence-corrected chi connectivity index (χ2v) is 6.63. The number of aromatic carboxylic acids is 1. The van der Waals surface area contributed by atoms with Crippen molar-refractivity contribution >= 4 is 55.7 Å². The van der Waals surface area contributed by atoms with Crippen molar-refractivity contribution in [3.8, 4) is 0 Å². The average Bonchev–Trinajstić information content (AvgIpc) is 2.69. The molecule has 1 amide bonds. The second kappa shape index (κ2) is 5.95. The van der Waals surface area contributed by atoms with Gasteiger partial charge in [0.2, 0.25) is 0 Å². The maximum atomic E-state index is 12.1. The third kappa shape index (κ3) is 3.39. The minimum absolute atomic E-state index is 0.0851. The van der Waals surface area contributed by atoms with Crippen LogP contribution < -0.4 is 5.32 Å². The van der Waals surface area contributed by atoms with Crippen LogP contribution in [0, 0.1) is 6.92 Å². The molecule has 0 atom stereocenters. The zero-order valence-electron chi connectivity index (χ0n) is 10.2. The molecule has 0 radical (unpaired) electrons. The lowest BCUT2D eigenvalue weighted by Gasteiger charge is -2.05. The van der Waals surface area contributed by atoms with Gasteiger partial charge in [-0.1, -0.05) is 27.5 Å². The highest BCUT2D eigenvalue weighted by Crippen LogP contribution is 2.28. The van der Waals surface area contributed by atoms with Crippen LogP contribution in [0.15, 0.2) is 28.7 Å². The van der Waals surface area contributed by atoms with Crippen molar-refractivity contribution in [3.63, 3.8) is 0 Å². The van der Waals surface area contributed by atoms with Crippen LogP contribution >= 0.6 is 38.9 Å². The lowest BCUT2D eigenvalue weighted by atomic mass is 10.2. The Kier molecular flexibility index (Phi) is 4.47. The van der Waals surface area contributed by atoms with Gasteiger partial charge in [0.05, 0.1) is 5.56 Å². The Morgan fingerprint density at radius 3 is 2.60 bits per heavy atom. The number of carbonyl (C=O) groups is 2. The van der Waals surface area contributed by atoms with Crippen molar-refractivity contribution < 1.29 is 14.7 Å². The normalized spacial score (nSPS) is 10.3. The molecule has 0 bridgehead atoms. The van der Waals surface area contributed by atoms with Crippen LogP contribution in [0.5, 0.6) is 0 Å². The zero-order chi connectivity index (χ0) is 14.9. The molecule has 0 unspecified atom stereocenters. The molecular formula is C13H9BrClNO3S. The number of benzene rings is 1. The van der Waals surface area contributed by atoms with Gasteiger partial charge in [-0.25, -0.2) is 4.79 Å². The fourth-order valence-electron chi connectivity index (χ4n) is 1.63. The fourth-order valence-corrected chi connectivity index (χ4v) is 3.38. The van der Waals surface area contributed by atoms with Crippen molar-refractivity contribution in [3.05, 3.63) is 49.8 Å². The molecule has 1 aromatic carbocycles. The number of rotatable bonds is 3. The molecule has 0 aliphatic heterocycles. The van der Waals surface area contributed by atoms with E-state index in [1.54, 1.807) is 19.1 Å². The number of nitrogens with one attached hydrogen (secondary N) is 1. The van der Waals surface area contributed by atoms with E-state index in [4.69, 9.17) is 16.7 Å². The molecule has 0 saturated heterocycles. The van der Waals surface area contributed by atoms with Gasteiger partial charge in [0.25, 0.3) is 5.91 Å². The minimum Gasteiger partial charge on any atom is -0.478 e. The summed E-state index contributed by atoms with van der Waals surface area (Å²) in [5.74, 6) is -1.48. The first-order chi connectivity index (χ1) is 9.36. The Morgan fingerprint density at radius 1 is 1.30 bits per heavy atom. The lowest BCUT2D eigenvalue weighted by Crippen LogP contribution is -2.13. The number of carbonyl (C=O) groups excluding carboxylic acids is 1. The second-order valence-electron chi connectivity index (χ2n) is 4.02. The number of carboxylic acid groups (broad SMARTS) is 1. The van der Waals surface area contributed by atoms with Crippen LogP contribution in [-0.2, 0) is 0 Å². The summed E-state index contributed by atoms with van der Waals surface area (Å²) in [7, 11) is 0. The van der Waals surface area contributed by atoms with Gasteiger partial charge in [-0.05, 0) is 31.2 Å². The fraction of sp³-hybridized carbons (Fsp3) is 0.0769.